The van der Waals surface area contributed by atoms with Crippen molar-refractivity contribution in [1.82, 2.24) is 0 Å². The fourth-order valence-corrected chi connectivity index (χ4v) is 7.97. The third-order valence-corrected chi connectivity index (χ3v) is 12.5. The molecule has 0 saturated heterocycles. The molecule has 0 aliphatic rings. The molecule has 0 spiro atoms. The molecule has 0 heterocycles. The Kier molecular flexibility index (Phi) is 60.2. The third-order valence-electron chi connectivity index (χ3n) is 12.5. The normalized spacial score (nSPS) is 11.3. The van der Waals surface area contributed by atoms with Crippen LogP contribution in [0.2, 0.25) is 0 Å². The Bertz CT molecular complexity index is 2950. The summed E-state index contributed by atoms with van der Waals surface area (Å²) in [6, 6.07) is 82.2. The summed E-state index contributed by atoms with van der Waals surface area (Å²) in [7, 11) is 0. The average molecular weight is 1470 g/mol. The molecule has 8 aromatic rings. The summed E-state index contributed by atoms with van der Waals surface area (Å²) in [6.07, 6.45) is 8.13. The number of benzene rings is 8. The SMILES string of the molecule is CC(/C=C(/C)[N-]Cc1ccccc1)=NCc1ccccc1.CC(/C=C(/C)[N-]Cc1ccccc1)=NCc1ccccc1.CC(/C=C(/C)[N-]Cc1ccccc1)=NCc1ccccc1.CC(/C=C(/C)[N-]Cc1ccccc1)=NCc1ccccc1.CC[O-].CC[O-].CC[O-].CC[O-].[Zr+4].[Zr+4]. The van der Waals surface area contributed by atoms with Crippen LogP contribution in [0, 0.1) is 0 Å². The molecular weight excluding hydrogens is 1370 g/mol. The van der Waals surface area contributed by atoms with Crippen molar-refractivity contribution in [2.45, 2.75) is 135 Å². The minimum absolute atomic E-state index is 0. The quantitative estimate of drug-likeness (QED) is 0.0543. The minimum Gasteiger partial charge on any atom is -0.855 e. The van der Waals surface area contributed by atoms with E-state index in [9.17, 15) is 0 Å². The van der Waals surface area contributed by atoms with Crippen LogP contribution in [-0.2, 0) is 105 Å². The molecule has 8 aromatic carbocycles. The Balaban J connectivity index is 0. The van der Waals surface area contributed by atoms with Gasteiger partial charge in [0.25, 0.3) is 0 Å². The van der Waals surface area contributed by atoms with Crippen LogP contribution in [0.4, 0.5) is 0 Å². The summed E-state index contributed by atoms with van der Waals surface area (Å²) in [4.78, 5) is 18.3. The number of allylic oxidation sites excluding steroid dienone is 8. The van der Waals surface area contributed by atoms with Gasteiger partial charge < -0.3 is 41.7 Å². The largest absolute Gasteiger partial charge is 4.00 e. The van der Waals surface area contributed by atoms with Gasteiger partial charge in [-0.2, -0.15) is 22.8 Å². The van der Waals surface area contributed by atoms with Gasteiger partial charge in [-0.1, -0.05) is 345 Å². The van der Waals surface area contributed by atoms with Crippen LogP contribution in [0.25, 0.3) is 21.3 Å². The van der Waals surface area contributed by atoms with Crippen molar-refractivity contribution in [3.8, 4) is 0 Å². The number of hydrogen-bond acceptors (Lipinski definition) is 8. The Morgan fingerprint density at radius 2 is 0.367 bits per heavy atom. The number of nitrogens with zero attached hydrogens (tertiary/aromatic N) is 8. The van der Waals surface area contributed by atoms with Crippen molar-refractivity contribution in [3.05, 3.63) is 356 Å². The standard InChI is InChI=1S/4C19H21N2.4C2H5O.2Zr/c4*1-16(20-14-18-9-5-3-6-10-18)13-17(2)21-15-19-11-7-4-8-12-19;4*1-2-3;;/h4*3-13H,14-15H2,1-2H3;4*2H2,1H3;;/q8*-1;2*+4/b4*16-13-,21-17?;;;;;;. The van der Waals surface area contributed by atoms with Crippen LogP contribution in [0.15, 0.2) is 310 Å². The second kappa shape index (κ2) is 63.9. The Hall–Kier alpha value is -7.79. The van der Waals surface area contributed by atoms with Gasteiger partial charge in [0.1, 0.15) is 0 Å². The third kappa shape index (κ3) is 53.3. The van der Waals surface area contributed by atoms with Crippen molar-refractivity contribution in [1.29, 1.82) is 0 Å². The molecule has 98 heavy (non-hydrogen) atoms. The van der Waals surface area contributed by atoms with Gasteiger partial charge in [0.2, 0.25) is 0 Å². The second-order valence-electron chi connectivity index (χ2n) is 21.3. The first-order chi connectivity index (χ1) is 46.6. The van der Waals surface area contributed by atoms with Crippen LogP contribution in [0.3, 0.4) is 0 Å². The van der Waals surface area contributed by atoms with Crippen molar-refractivity contribution in [2.75, 3.05) is 26.4 Å². The number of hydrogen-bond donors (Lipinski definition) is 0. The van der Waals surface area contributed by atoms with Crippen molar-refractivity contribution in [3.63, 3.8) is 0 Å². The Morgan fingerprint density at radius 3 is 0.500 bits per heavy atom. The fraction of sp³-hybridized carbons (Fsp3) is 0.286. The van der Waals surface area contributed by atoms with E-state index in [2.05, 4.69) is 138 Å². The van der Waals surface area contributed by atoms with Crippen LogP contribution >= 0.6 is 0 Å². The molecule has 0 unspecified atom stereocenters. The molecule has 8 rings (SSSR count). The maximum Gasteiger partial charge on any atom is 4.00 e. The first kappa shape index (κ1) is 92.3. The molecule has 0 fully saturated rings. The first-order valence-corrected chi connectivity index (χ1v) is 32.7. The van der Waals surface area contributed by atoms with Gasteiger partial charge in [-0.15, -0.1) is 52.6 Å². The predicted molar refractivity (Wildman–Crippen MR) is 404 cm³/mol. The summed E-state index contributed by atoms with van der Waals surface area (Å²) >= 11 is 0. The number of aliphatic imine (C=N–C) groups is 4. The van der Waals surface area contributed by atoms with Crippen molar-refractivity contribution >= 4 is 22.8 Å². The molecule has 0 radical (unpaired) electrons. The topological polar surface area (TPSA) is 198 Å². The monoisotopic (exact) mass is 1470 g/mol. The molecule has 0 N–H and O–H groups in total. The molecule has 0 saturated carbocycles. The molecule has 14 heteroatoms. The molecule has 0 atom stereocenters. The molecule has 0 amide bonds. The maximum absolute atomic E-state index is 8.93. The van der Waals surface area contributed by atoms with E-state index in [1.54, 1.807) is 27.7 Å². The van der Waals surface area contributed by atoms with Crippen LogP contribution in [0.1, 0.15) is 128 Å². The van der Waals surface area contributed by atoms with Gasteiger partial charge in [-0.3, -0.25) is 20.0 Å². The second-order valence-corrected chi connectivity index (χ2v) is 21.3. The van der Waals surface area contributed by atoms with E-state index in [0.717, 1.165) is 98.0 Å². The predicted octanol–water partition coefficient (Wildman–Crippen LogP) is 18.0. The van der Waals surface area contributed by atoms with Crippen LogP contribution < -0.4 is 20.4 Å². The van der Waals surface area contributed by atoms with E-state index in [1.807, 2.05) is 225 Å². The molecule has 0 bridgehead atoms. The average Bonchev–Trinajstić information content (AvgIpc) is 2.41. The van der Waals surface area contributed by atoms with E-state index in [1.165, 1.54) is 44.5 Å². The van der Waals surface area contributed by atoms with E-state index in [4.69, 9.17) is 20.4 Å². The van der Waals surface area contributed by atoms with E-state index in [0.29, 0.717) is 0 Å². The minimum atomic E-state index is 0. The molecule has 0 aliphatic carbocycles. The van der Waals surface area contributed by atoms with Crippen molar-refractivity contribution in [2.24, 2.45) is 20.0 Å². The summed E-state index contributed by atoms with van der Waals surface area (Å²) in [5.41, 5.74) is 17.9. The molecular formula is C84H104N8O4Zr2. The maximum atomic E-state index is 8.93. The van der Waals surface area contributed by atoms with E-state index in [-0.39, 0.29) is 78.8 Å². The van der Waals surface area contributed by atoms with Crippen LogP contribution in [0.5, 0.6) is 0 Å². The van der Waals surface area contributed by atoms with Crippen molar-refractivity contribution < 1.29 is 72.8 Å². The summed E-state index contributed by atoms with van der Waals surface area (Å²) < 4.78 is 0. The summed E-state index contributed by atoms with van der Waals surface area (Å²) in [6.45, 7) is 28.2. The Morgan fingerprint density at radius 1 is 0.245 bits per heavy atom. The molecule has 512 valence electrons. The fourth-order valence-electron chi connectivity index (χ4n) is 7.97. The molecule has 12 nitrogen and oxygen atoms in total. The van der Waals surface area contributed by atoms with Gasteiger partial charge in [0.05, 0.1) is 26.2 Å². The van der Waals surface area contributed by atoms with Gasteiger partial charge >= 0.3 is 52.4 Å². The van der Waals surface area contributed by atoms with Gasteiger partial charge in [0, 0.05) is 22.8 Å². The number of rotatable bonds is 24. The Labute approximate surface area is 628 Å². The molecule has 0 aliphatic heterocycles. The van der Waals surface area contributed by atoms with Gasteiger partial charge in [-0.25, -0.2) is 0 Å². The zero-order valence-corrected chi connectivity index (χ0v) is 65.0. The zero-order valence-electron chi connectivity index (χ0n) is 60.1. The summed E-state index contributed by atoms with van der Waals surface area (Å²) in [5.74, 6) is 0. The summed E-state index contributed by atoms with van der Waals surface area (Å²) in [5, 5.41) is 54.0. The van der Waals surface area contributed by atoms with E-state index >= 15 is 0 Å². The van der Waals surface area contributed by atoms with Gasteiger partial charge in [-0.05, 0) is 49.9 Å². The first-order valence-electron chi connectivity index (χ1n) is 32.7. The zero-order chi connectivity index (χ0) is 70.5. The smallest absolute Gasteiger partial charge is 0.855 e. The molecule has 0 aromatic heterocycles. The van der Waals surface area contributed by atoms with Crippen LogP contribution in [-0.4, -0.2) is 49.3 Å². The van der Waals surface area contributed by atoms with E-state index < -0.39 is 0 Å². The van der Waals surface area contributed by atoms with Gasteiger partial charge in [0.15, 0.2) is 0 Å².